The van der Waals surface area contributed by atoms with Crippen molar-refractivity contribution in [3.8, 4) is 11.3 Å². The minimum absolute atomic E-state index is 0.0668. The maximum Gasteiger partial charge on any atom is 0.417 e. The quantitative estimate of drug-likeness (QED) is 0.493. The lowest BCUT2D eigenvalue weighted by Crippen LogP contribution is -2.70. The van der Waals surface area contributed by atoms with Gasteiger partial charge in [0.15, 0.2) is 11.8 Å². The Balaban J connectivity index is 1.38. The molecule has 2 amide bonds. The number of aromatic nitrogens is 3. The monoisotopic (exact) mass is 562 g/mol. The minimum atomic E-state index is -4.77. The summed E-state index contributed by atoms with van der Waals surface area (Å²) in [6.07, 6.45) is -4.36. The number of rotatable bonds is 3. The maximum atomic E-state index is 13.5. The number of piperazine rings is 1. The van der Waals surface area contributed by atoms with Gasteiger partial charge in [-0.25, -0.2) is 0 Å². The fourth-order valence-electron chi connectivity index (χ4n) is 6.22. The van der Waals surface area contributed by atoms with E-state index in [1.54, 1.807) is 27.7 Å². The molecule has 0 bridgehead atoms. The van der Waals surface area contributed by atoms with Crippen LogP contribution in [0.1, 0.15) is 55.6 Å². The average Bonchev–Trinajstić information content (AvgIpc) is 3.34. The zero-order valence-electron chi connectivity index (χ0n) is 21.7. The van der Waals surface area contributed by atoms with Crippen LogP contribution in [0.4, 0.5) is 13.2 Å². The predicted molar refractivity (Wildman–Crippen MR) is 135 cm³/mol. The smallest absolute Gasteiger partial charge is 0.380 e. The number of amides is 2. The third-order valence-corrected chi connectivity index (χ3v) is 8.66. The lowest BCUT2D eigenvalue weighted by Gasteiger charge is -2.48. The van der Waals surface area contributed by atoms with Crippen LogP contribution < -0.4 is 4.57 Å². The SMILES string of the molecule is CC(C)c1cc(-c2ccc(Cl)cc2)nn2cc3[n+](c12)C1(C)CN(C(=O)C2CC(O)(C(F)(F)F)C2)CCN1C3=O. The van der Waals surface area contributed by atoms with Crippen molar-refractivity contribution >= 4 is 29.1 Å². The van der Waals surface area contributed by atoms with Crippen molar-refractivity contribution in [3.63, 3.8) is 0 Å². The second kappa shape index (κ2) is 8.41. The second-order valence-corrected chi connectivity index (χ2v) is 11.8. The van der Waals surface area contributed by atoms with Crippen LogP contribution in [-0.4, -0.2) is 67.7 Å². The van der Waals surface area contributed by atoms with Crippen LogP contribution in [0.25, 0.3) is 16.9 Å². The van der Waals surface area contributed by atoms with Gasteiger partial charge in [0.05, 0.1) is 6.54 Å². The van der Waals surface area contributed by atoms with E-state index in [1.165, 1.54) is 4.90 Å². The molecule has 1 saturated carbocycles. The van der Waals surface area contributed by atoms with Crippen LogP contribution in [0.15, 0.2) is 36.5 Å². The molecule has 0 radical (unpaired) electrons. The van der Waals surface area contributed by atoms with Gasteiger partial charge in [-0.05, 0) is 37.0 Å². The number of imidazole rings is 1. The number of alkyl halides is 3. The zero-order valence-corrected chi connectivity index (χ0v) is 22.4. The zero-order chi connectivity index (χ0) is 28.1. The van der Waals surface area contributed by atoms with Crippen molar-refractivity contribution in [1.29, 1.82) is 0 Å². The topological polar surface area (TPSA) is 82.0 Å². The van der Waals surface area contributed by atoms with E-state index in [-0.39, 0.29) is 31.5 Å². The number of halogens is 4. The molecular formula is C27H28ClF3N5O3+. The summed E-state index contributed by atoms with van der Waals surface area (Å²) >= 11 is 6.06. The summed E-state index contributed by atoms with van der Waals surface area (Å²) in [6.45, 7) is 6.54. The molecule has 1 aromatic carbocycles. The Morgan fingerprint density at radius 1 is 1.21 bits per heavy atom. The van der Waals surface area contributed by atoms with Crippen LogP contribution in [0.2, 0.25) is 5.02 Å². The number of carbonyl (C=O) groups excluding carboxylic acids is 2. The van der Waals surface area contributed by atoms with Gasteiger partial charge in [0.1, 0.15) is 5.69 Å². The van der Waals surface area contributed by atoms with E-state index in [9.17, 15) is 27.9 Å². The van der Waals surface area contributed by atoms with Gasteiger partial charge in [0.25, 0.3) is 0 Å². The molecule has 3 aliphatic rings. The first-order valence-corrected chi connectivity index (χ1v) is 13.3. The van der Waals surface area contributed by atoms with Gasteiger partial charge in [-0.15, -0.1) is 0 Å². The van der Waals surface area contributed by atoms with Crippen molar-refractivity contribution < 1.29 is 32.4 Å². The van der Waals surface area contributed by atoms with Gasteiger partial charge in [0.2, 0.25) is 17.3 Å². The molecule has 2 fully saturated rings. The summed E-state index contributed by atoms with van der Waals surface area (Å²) in [5.41, 5.74) is -0.0711. The molecule has 0 spiro atoms. The summed E-state index contributed by atoms with van der Waals surface area (Å²) in [5, 5.41) is 15.3. The number of nitrogens with zero attached hydrogens (tertiary/aromatic N) is 5. The Bertz CT molecular complexity index is 1510. The van der Waals surface area contributed by atoms with E-state index in [4.69, 9.17) is 16.7 Å². The highest BCUT2D eigenvalue weighted by Crippen LogP contribution is 2.49. The number of hydrogen-bond acceptors (Lipinski definition) is 4. The molecule has 1 N–H and O–H groups in total. The summed E-state index contributed by atoms with van der Waals surface area (Å²) in [4.78, 5) is 30.0. The molecule has 2 aromatic heterocycles. The molecule has 4 heterocycles. The van der Waals surface area contributed by atoms with Crippen molar-refractivity contribution in [2.45, 2.75) is 57.0 Å². The van der Waals surface area contributed by atoms with Gasteiger partial charge in [-0.3, -0.25) is 14.5 Å². The Hall–Kier alpha value is -3.18. The normalized spacial score (nSPS) is 26.7. The molecular weight excluding hydrogens is 535 g/mol. The maximum absolute atomic E-state index is 13.5. The van der Waals surface area contributed by atoms with Crippen molar-refractivity contribution in [2.24, 2.45) is 5.92 Å². The van der Waals surface area contributed by atoms with E-state index in [0.29, 0.717) is 16.4 Å². The number of aliphatic hydroxyl groups is 1. The molecule has 12 heteroatoms. The first-order chi connectivity index (χ1) is 18.2. The molecule has 1 aliphatic carbocycles. The van der Waals surface area contributed by atoms with Gasteiger partial charge in [-0.1, -0.05) is 47.2 Å². The van der Waals surface area contributed by atoms with E-state index in [2.05, 4.69) is 0 Å². The summed E-state index contributed by atoms with van der Waals surface area (Å²) in [5.74, 6) is -1.46. The molecule has 39 heavy (non-hydrogen) atoms. The molecule has 1 saturated heterocycles. The van der Waals surface area contributed by atoms with Crippen LogP contribution in [0.3, 0.4) is 0 Å². The predicted octanol–water partition coefficient (Wildman–Crippen LogP) is 3.74. The third kappa shape index (κ3) is 3.76. The standard InChI is InChI=1S/C27H28ClF3N5O3/c1-15(2)19-10-20(16-4-6-18(28)7-5-16)32-35-13-21-24(38)34-9-8-33(14-25(34,3)36(21)22(19)35)23(37)17-11-26(39,12-17)27(29,30)31/h4-7,10,13,15,17,39H,8-9,11-12,14H2,1-3H3/q+1. The lowest BCUT2D eigenvalue weighted by molar-refractivity contribution is -0.749. The van der Waals surface area contributed by atoms with Crippen LogP contribution in [-0.2, 0) is 10.5 Å². The molecule has 6 rings (SSSR count). The Morgan fingerprint density at radius 2 is 1.87 bits per heavy atom. The molecule has 1 unspecified atom stereocenters. The van der Waals surface area contributed by atoms with Gasteiger partial charge in [-0.2, -0.15) is 17.7 Å². The van der Waals surface area contributed by atoms with Crippen LogP contribution >= 0.6 is 11.6 Å². The second-order valence-electron chi connectivity index (χ2n) is 11.3. The van der Waals surface area contributed by atoms with Gasteiger partial charge < -0.3 is 10.0 Å². The first-order valence-electron chi connectivity index (χ1n) is 12.9. The van der Waals surface area contributed by atoms with Crippen LogP contribution in [0.5, 0.6) is 0 Å². The fraction of sp³-hybridized carbons (Fsp3) is 0.481. The Labute approximate surface area is 227 Å². The minimum Gasteiger partial charge on any atom is -0.380 e. The average molecular weight is 563 g/mol. The van der Waals surface area contributed by atoms with E-state index in [0.717, 1.165) is 16.8 Å². The Kier molecular flexibility index (Phi) is 5.62. The number of hydrogen-bond donors (Lipinski definition) is 1. The number of benzene rings is 1. The fourth-order valence-corrected chi connectivity index (χ4v) is 6.34. The lowest BCUT2D eigenvalue weighted by atomic mass is 9.69. The highest BCUT2D eigenvalue weighted by Gasteiger charge is 2.64. The van der Waals surface area contributed by atoms with E-state index in [1.807, 2.05) is 43.5 Å². The third-order valence-electron chi connectivity index (χ3n) is 8.41. The van der Waals surface area contributed by atoms with Crippen LogP contribution in [0, 0.1) is 5.92 Å². The number of fused-ring (bicyclic) bond motifs is 5. The summed E-state index contributed by atoms with van der Waals surface area (Å²) in [7, 11) is 0. The molecule has 206 valence electrons. The summed E-state index contributed by atoms with van der Waals surface area (Å²) in [6, 6.07) is 9.32. The summed E-state index contributed by atoms with van der Waals surface area (Å²) < 4.78 is 43.0. The van der Waals surface area contributed by atoms with Gasteiger partial charge in [0, 0.05) is 42.1 Å². The molecule has 1 atom stereocenters. The van der Waals surface area contributed by atoms with E-state index < -0.39 is 42.1 Å². The molecule has 3 aromatic rings. The van der Waals surface area contributed by atoms with E-state index >= 15 is 0 Å². The first kappa shape index (κ1) is 26.1. The van der Waals surface area contributed by atoms with Crippen molar-refractivity contribution in [1.82, 2.24) is 19.4 Å². The Morgan fingerprint density at radius 3 is 2.49 bits per heavy atom. The number of carbonyl (C=O) groups is 2. The highest BCUT2D eigenvalue weighted by molar-refractivity contribution is 6.30. The highest BCUT2D eigenvalue weighted by atomic mass is 35.5. The van der Waals surface area contributed by atoms with Crippen molar-refractivity contribution in [3.05, 3.63) is 52.8 Å². The molecule has 2 aliphatic heterocycles. The van der Waals surface area contributed by atoms with Gasteiger partial charge >= 0.3 is 17.7 Å². The van der Waals surface area contributed by atoms with Crippen molar-refractivity contribution in [2.75, 3.05) is 19.6 Å². The molecule has 8 nitrogen and oxygen atoms in total. The largest absolute Gasteiger partial charge is 0.417 e.